The van der Waals surface area contributed by atoms with E-state index in [1.54, 1.807) is 18.3 Å². The average molecular weight is 515 g/mol. The minimum atomic E-state index is -0.882. The van der Waals surface area contributed by atoms with Crippen molar-refractivity contribution in [2.24, 2.45) is 0 Å². The number of likely N-dealkylation sites (tertiary alicyclic amines) is 1. The third-order valence-corrected chi connectivity index (χ3v) is 6.88. The zero-order chi connectivity index (χ0) is 23.5. The molecule has 2 aromatic rings. The van der Waals surface area contributed by atoms with Crippen molar-refractivity contribution in [3.8, 4) is 0 Å². The van der Waals surface area contributed by atoms with E-state index in [9.17, 15) is 4.79 Å². The molecule has 2 saturated heterocycles. The van der Waals surface area contributed by atoms with Gasteiger partial charge in [-0.2, -0.15) is 4.98 Å². The van der Waals surface area contributed by atoms with Crippen LogP contribution in [0.25, 0.3) is 0 Å². The molecule has 0 aliphatic carbocycles. The van der Waals surface area contributed by atoms with Gasteiger partial charge in [0.1, 0.15) is 5.02 Å². The van der Waals surface area contributed by atoms with Crippen LogP contribution in [0.15, 0.2) is 24.4 Å². The average Bonchev–Trinajstić information content (AvgIpc) is 3.25. The molecule has 1 aromatic carbocycles. The molecule has 2 aliphatic heterocycles. The van der Waals surface area contributed by atoms with E-state index in [-0.39, 0.29) is 18.2 Å². The van der Waals surface area contributed by atoms with Crippen LogP contribution in [0.3, 0.4) is 0 Å². The first-order valence-electron chi connectivity index (χ1n) is 10.9. The maximum Gasteiger partial charge on any atom is 0.407 e. The standard InChI is InChI=1S/C22H26Cl3N5O3/c1-13(17-3-2-14(23)10-18(17)24)27-20-19(25)11-26-21(28-20)29-7-4-15(5-8-29)33-16-6-9-30(12-16)22(31)32/h2-3,10-11,13,15-16H,4-9,12H2,1H3,(H,31,32)(H,26,27,28)/t13-,16+/m1/s1. The van der Waals surface area contributed by atoms with Crippen LogP contribution < -0.4 is 10.2 Å². The first-order valence-corrected chi connectivity index (χ1v) is 12.1. The lowest BCUT2D eigenvalue weighted by Gasteiger charge is -2.33. The lowest BCUT2D eigenvalue weighted by Crippen LogP contribution is -2.40. The summed E-state index contributed by atoms with van der Waals surface area (Å²) in [7, 11) is 0. The van der Waals surface area contributed by atoms with E-state index in [1.807, 2.05) is 13.0 Å². The molecule has 11 heteroatoms. The van der Waals surface area contributed by atoms with Crippen molar-refractivity contribution < 1.29 is 14.6 Å². The third-order valence-electron chi connectivity index (χ3n) is 6.04. The number of carboxylic acid groups (broad SMARTS) is 1. The SMILES string of the molecule is C[C@@H](Nc1nc(N2CCC(O[C@H]3CCN(C(=O)O)C3)CC2)ncc1Cl)c1ccc(Cl)cc1Cl. The van der Waals surface area contributed by atoms with E-state index in [1.165, 1.54) is 4.90 Å². The summed E-state index contributed by atoms with van der Waals surface area (Å²) in [4.78, 5) is 23.7. The van der Waals surface area contributed by atoms with Crippen molar-refractivity contribution in [3.05, 3.63) is 45.0 Å². The number of amides is 1. The van der Waals surface area contributed by atoms with Gasteiger partial charge in [0, 0.05) is 29.7 Å². The predicted octanol–water partition coefficient (Wildman–Crippen LogP) is 5.35. The molecule has 1 aromatic heterocycles. The van der Waals surface area contributed by atoms with E-state index < -0.39 is 6.09 Å². The zero-order valence-electron chi connectivity index (χ0n) is 18.2. The molecule has 0 radical (unpaired) electrons. The molecule has 2 atom stereocenters. The van der Waals surface area contributed by atoms with E-state index >= 15 is 0 Å². The Balaban J connectivity index is 1.35. The molecular weight excluding hydrogens is 489 g/mol. The highest BCUT2D eigenvalue weighted by Gasteiger charge is 2.30. The molecule has 3 heterocycles. The van der Waals surface area contributed by atoms with Gasteiger partial charge in [-0.3, -0.25) is 0 Å². The quantitative estimate of drug-likeness (QED) is 0.537. The fourth-order valence-electron chi connectivity index (χ4n) is 4.22. The van der Waals surface area contributed by atoms with Gasteiger partial charge in [0.25, 0.3) is 0 Å². The summed E-state index contributed by atoms with van der Waals surface area (Å²) in [5.41, 5.74) is 0.892. The fourth-order valence-corrected chi connectivity index (χ4v) is 4.94. The number of hydrogen-bond donors (Lipinski definition) is 2. The van der Waals surface area contributed by atoms with Crippen molar-refractivity contribution >= 4 is 52.7 Å². The molecular formula is C22H26Cl3N5O3. The minimum Gasteiger partial charge on any atom is -0.465 e. The molecule has 0 bridgehead atoms. The molecule has 0 unspecified atom stereocenters. The monoisotopic (exact) mass is 513 g/mol. The van der Waals surface area contributed by atoms with Crippen LogP contribution in [0.4, 0.5) is 16.6 Å². The molecule has 2 fully saturated rings. The van der Waals surface area contributed by atoms with Crippen molar-refractivity contribution in [2.75, 3.05) is 36.4 Å². The van der Waals surface area contributed by atoms with Gasteiger partial charge in [0.05, 0.1) is 31.0 Å². The smallest absolute Gasteiger partial charge is 0.407 e. The summed E-state index contributed by atoms with van der Waals surface area (Å²) in [6.45, 7) is 4.46. The van der Waals surface area contributed by atoms with Crippen molar-refractivity contribution in [1.29, 1.82) is 0 Å². The normalized spacial score (nSPS) is 20.2. The summed E-state index contributed by atoms with van der Waals surface area (Å²) >= 11 is 18.7. The molecule has 0 saturated carbocycles. The number of benzene rings is 1. The molecule has 0 spiro atoms. The minimum absolute atomic E-state index is 0.0265. The van der Waals surface area contributed by atoms with Crippen LogP contribution in [0.5, 0.6) is 0 Å². The number of carbonyl (C=O) groups is 1. The summed E-state index contributed by atoms with van der Waals surface area (Å²) in [5, 5.41) is 14.0. The van der Waals surface area contributed by atoms with Crippen LogP contribution in [0.2, 0.25) is 15.1 Å². The zero-order valence-corrected chi connectivity index (χ0v) is 20.4. The van der Waals surface area contributed by atoms with E-state index in [2.05, 4.69) is 20.2 Å². The largest absolute Gasteiger partial charge is 0.465 e. The molecule has 178 valence electrons. The summed E-state index contributed by atoms with van der Waals surface area (Å²) in [6, 6.07) is 5.25. The third kappa shape index (κ3) is 5.93. The lowest BCUT2D eigenvalue weighted by atomic mass is 10.1. The Bertz CT molecular complexity index is 1000. The number of nitrogens with one attached hydrogen (secondary N) is 1. The Kier molecular flexibility index (Phi) is 7.69. The van der Waals surface area contributed by atoms with E-state index in [0.29, 0.717) is 39.9 Å². The van der Waals surface area contributed by atoms with Gasteiger partial charge >= 0.3 is 6.09 Å². The number of hydrogen-bond acceptors (Lipinski definition) is 6. The number of halogens is 3. The molecule has 2 N–H and O–H groups in total. The second kappa shape index (κ2) is 10.5. The first kappa shape index (κ1) is 24.1. The van der Waals surface area contributed by atoms with Crippen molar-refractivity contribution in [2.45, 2.75) is 44.4 Å². The molecule has 8 nitrogen and oxygen atoms in total. The van der Waals surface area contributed by atoms with Gasteiger partial charge in [-0.05, 0) is 43.9 Å². The summed E-state index contributed by atoms with van der Waals surface area (Å²) in [6.07, 6.45) is 3.21. The van der Waals surface area contributed by atoms with E-state index in [4.69, 9.17) is 44.6 Å². The molecule has 33 heavy (non-hydrogen) atoms. The van der Waals surface area contributed by atoms with Crippen LogP contribution in [0.1, 0.15) is 37.8 Å². The Morgan fingerprint density at radius 1 is 1.15 bits per heavy atom. The highest BCUT2D eigenvalue weighted by Crippen LogP contribution is 2.31. The summed E-state index contributed by atoms with van der Waals surface area (Å²) < 4.78 is 6.15. The van der Waals surface area contributed by atoms with Gasteiger partial charge in [-0.1, -0.05) is 40.9 Å². The van der Waals surface area contributed by atoms with Gasteiger partial charge in [-0.15, -0.1) is 0 Å². The van der Waals surface area contributed by atoms with E-state index in [0.717, 1.165) is 37.9 Å². The number of ether oxygens (including phenoxy) is 1. The number of nitrogens with zero attached hydrogens (tertiary/aromatic N) is 4. The Hall–Kier alpha value is -2.00. The number of piperidine rings is 1. The van der Waals surface area contributed by atoms with Crippen molar-refractivity contribution in [3.63, 3.8) is 0 Å². The van der Waals surface area contributed by atoms with Crippen LogP contribution >= 0.6 is 34.8 Å². The Morgan fingerprint density at radius 3 is 2.55 bits per heavy atom. The van der Waals surface area contributed by atoms with Crippen molar-refractivity contribution in [1.82, 2.24) is 14.9 Å². The van der Waals surface area contributed by atoms with Gasteiger partial charge in [0.2, 0.25) is 5.95 Å². The topological polar surface area (TPSA) is 90.8 Å². The highest BCUT2D eigenvalue weighted by atomic mass is 35.5. The summed E-state index contributed by atoms with van der Waals surface area (Å²) in [5.74, 6) is 1.14. The molecule has 1 amide bonds. The molecule has 4 rings (SSSR count). The van der Waals surface area contributed by atoms with Gasteiger partial charge < -0.3 is 25.0 Å². The number of aromatic nitrogens is 2. The maximum atomic E-state index is 11.1. The first-order chi connectivity index (χ1) is 15.8. The second-order valence-electron chi connectivity index (χ2n) is 8.36. The Labute approximate surface area is 207 Å². The van der Waals surface area contributed by atoms with Gasteiger partial charge in [-0.25, -0.2) is 9.78 Å². The fraction of sp³-hybridized carbons (Fsp3) is 0.500. The highest BCUT2D eigenvalue weighted by molar-refractivity contribution is 6.35. The maximum absolute atomic E-state index is 11.1. The predicted molar refractivity (Wildman–Crippen MR) is 130 cm³/mol. The second-order valence-corrected chi connectivity index (χ2v) is 9.61. The lowest BCUT2D eigenvalue weighted by molar-refractivity contribution is -0.0173. The molecule has 2 aliphatic rings. The van der Waals surface area contributed by atoms with Gasteiger partial charge in [0.15, 0.2) is 5.82 Å². The Morgan fingerprint density at radius 2 is 1.88 bits per heavy atom. The number of rotatable bonds is 6. The number of anilines is 2. The van der Waals surface area contributed by atoms with Crippen LogP contribution in [0, 0.1) is 0 Å². The van der Waals surface area contributed by atoms with Crippen LogP contribution in [-0.4, -0.2) is 64.5 Å². The van der Waals surface area contributed by atoms with Crippen LogP contribution in [-0.2, 0) is 4.74 Å².